The molecule has 1 aliphatic rings. The number of hydrogen-bond donors (Lipinski definition) is 0. The highest BCUT2D eigenvalue weighted by atomic mass is 16.5. The van der Waals surface area contributed by atoms with E-state index in [4.69, 9.17) is 9.47 Å². The molecule has 2 aromatic rings. The van der Waals surface area contributed by atoms with Gasteiger partial charge in [-0.3, -0.25) is 4.90 Å². The average Bonchev–Trinajstić information content (AvgIpc) is 2.51. The summed E-state index contributed by atoms with van der Waals surface area (Å²) in [5.74, 6) is 1.07. The molecule has 0 atom stereocenters. The van der Waals surface area contributed by atoms with Gasteiger partial charge < -0.3 is 9.47 Å². The van der Waals surface area contributed by atoms with Crippen molar-refractivity contribution in [1.82, 2.24) is 4.90 Å². The molecule has 0 aromatic heterocycles. The van der Waals surface area contributed by atoms with Crippen LogP contribution < -0.4 is 4.74 Å². The molecule has 3 nitrogen and oxygen atoms in total. The van der Waals surface area contributed by atoms with Crippen LogP contribution in [0.25, 0.3) is 10.8 Å². The predicted octanol–water partition coefficient (Wildman–Crippen LogP) is 3.42. The van der Waals surface area contributed by atoms with Crippen LogP contribution in [0.2, 0.25) is 0 Å². The molecule has 2 aromatic carbocycles. The second-order valence-electron chi connectivity index (χ2n) is 5.30. The molecule has 0 saturated heterocycles. The minimum Gasteiger partial charge on any atom is -0.477 e. The Labute approximate surface area is 120 Å². The molecule has 0 N–H and O–H groups in total. The van der Waals surface area contributed by atoms with Gasteiger partial charge in [-0.25, -0.2) is 0 Å². The van der Waals surface area contributed by atoms with Gasteiger partial charge >= 0.3 is 0 Å². The first-order chi connectivity index (χ1) is 9.88. The molecule has 0 saturated carbocycles. The van der Waals surface area contributed by atoms with Crippen LogP contribution in [0.5, 0.6) is 5.75 Å². The summed E-state index contributed by atoms with van der Waals surface area (Å²) in [6.45, 7) is 3.58. The first kappa shape index (κ1) is 13.4. The van der Waals surface area contributed by atoms with Crippen molar-refractivity contribution in [3.05, 3.63) is 42.0 Å². The van der Waals surface area contributed by atoms with Crippen molar-refractivity contribution in [3.63, 3.8) is 0 Å². The van der Waals surface area contributed by atoms with Gasteiger partial charge in [0.1, 0.15) is 12.5 Å². The van der Waals surface area contributed by atoms with Crippen LogP contribution in [0.15, 0.2) is 36.4 Å². The van der Waals surface area contributed by atoms with E-state index in [1.54, 1.807) is 7.11 Å². The first-order valence-electron chi connectivity index (χ1n) is 7.23. The lowest BCUT2D eigenvalue weighted by Crippen LogP contribution is -2.32. The van der Waals surface area contributed by atoms with E-state index in [0.717, 1.165) is 38.3 Å². The van der Waals surface area contributed by atoms with E-state index in [0.29, 0.717) is 6.73 Å². The second-order valence-corrected chi connectivity index (χ2v) is 5.30. The summed E-state index contributed by atoms with van der Waals surface area (Å²) in [4.78, 5) is 2.35. The minimum absolute atomic E-state index is 0.688. The lowest BCUT2D eigenvalue weighted by atomic mass is 10.0. The van der Waals surface area contributed by atoms with Gasteiger partial charge in [0.25, 0.3) is 0 Å². The largest absolute Gasteiger partial charge is 0.477 e. The number of hydrogen-bond acceptors (Lipinski definition) is 3. The van der Waals surface area contributed by atoms with Crippen molar-refractivity contribution >= 4 is 10.8 Å². The monoisotopic (exact) mass is 271 g/mol. The Kier molecular flexibility index (Phi) is 4.19. The molecule has 0 spiro atoms. The van der Waals surface area contributed by atoms with Gasteiger partial charge in [0, 0.05) is 37.8 Å². The Balaban J connectivity index is 1.71. The van der Waals surface area contributed by atoms with Crippen molar-refractivity contribution < 1.29 is 9.47 Å². The normalized spacial score (nSPS) is 15.1. The predicted molar refractivity (Wildman–Crippen MR) is 81.0 cm³/mol. The standard InChI is InChI=1S/C17H21NO2/c1-19-11-5-4-10-18-12-15-9-8-14-6-2-3-7-16(14)17(15)20-13-18/h2-3,6-9H,4-5,10-13H2,1H3. The van der Waals surface area contributed by atoms with E-state index >= 15 is 0 Å². The molecule has 1 aliphatic heterocycles. The lowest BCUT2D eigenvalue weighted by molar-refractivity contribution is 0.0919. The molecule has 3 heteroatoms. The highest BCUT2D eigenvalue weighted by Crippen LogP contribution is 2.33. The molecular formula is C17H21NO2. The smallest absolute Gasteiger partial charge is 0.142 e. The fraction of sp³-hybridized carbons (Fsp3) is 0.412. The van der Waals surface area contributed by atoms with Crippen LogP contribution in [-0.2, 0) is 11.3 Å². The van der Waals surface area contributed by atoms with Crippen LogP contribution >= 0.6 is 0 Å². The third-order valence-electron chi connectivity index (χ3n) is 3.82. The quantitative estimate of drug-likeness (QED) is 0.778. The van der Waals surface area contributed by atoms with Gasteiger partial charge in [-0.1, -0.05) is 36.4 Å². The van der Waals surface area contributed by atoms with Crippen LogP contribution in [0.1, 0.15) is 18.4 Å². The Hall–Kier alpha value is -1.58. The third kappa shape index (κ3) is 2.79. The Bertz CT molecular complexity index is 582. The van der Waals surface area contributed by atoms with Gasteiger partial charge in [-0.2, -0.15) is 0 Å². The van der Waals surface area contributed by atoms with Gasteiger partial charge in [-0.05, 0) is 18.2 Å². The molecule has 106 valence electrons. The molecule has 0 radical (unpaired) electrons. The molecule has 0 fully saturated rings. The van der Waals surface area contributed by atoms with E-state index in [-0.39, 0.29) is 0 Å². The molecule has 20 heavy (non-hydrogen) atoms. The van der Waals surface area contributed by atoms with E-state index in [2.05, 4.69) is 41.3 Å². The van der Waals surface area contributed by atoms with Crippen molar-refractivity contribution in [2.75, 3.05) is 27.0 Å². The maximum absolute atomic E-state index is 6.00. The van der Waals surface area contributed by atoms with Crippen molar-refractivity contribution in [1.29, 1.82) is 0 Å². The molecule has 0 bridgehead atoms. The summed E-state index contributed by atoms with van der Waals surface area (Å²) in [5.41, 5.74) is 1.29. The summed E-state index contributed by atoms with van der Waals surface area (Å²) >= 11 is 0. The summed E-state index contributed by atoms with van der Waals surface area (Å²) in [6.07, 6.45) is 2.26. The lowest BCUT2D eigenvalue weighted by Gasteiger charge is -2.29. The zero-order valence-corrected chi connectivity index (χ0v) is 12.0. The van der Waals surface area contributed by atoms with Crippen LogP contribution in [0, 0.1) is 0 Å². The van der Waals surface area contributed by atoms with E-state index in [1.165, 1.54) is 16.3 Å². The van der Waals surface area contributed by atoms with E-state index in [9.17, 15) is 0 Å². The molecule has 1 heterocycles. The average molecular weight is 271 g/mol. The first-order valence-corrected chi connectivity index (χ1v) is 7.23. The number of unbranched alkanes of at least 4 members (excludes halogenated alkanes) is 1. The van der Waals surface area contributed by atoms with Crippen LogP contribution in [0.3, 0.4) is 0 Å². The van der Waals surface area contributed by atoms with Gasteiger partial charge in [0.2, 0.25) is 0 Å². The van der Waals surface area contributed by atoms with Crippen molar-refractivity contribution in [2.45, 2.75) is 19.4 Å². The number of benzene rings is 2. The maximum Gasteiger partial charge on any atom is 0.142 e. The highest BCUT2D eigenvalue weighted by Gasteiger charge is 2.18. The van der Waals surface area contributed by atoms with E-state index in [1.807, 2.05) is 0 Å². The third-order valence-corrected chi connectivity index (χ3v) is 3.82. The Morgan fingerprint density at radius 1 is 1.15 bits per heavy atom. The zero-order chi connectivity index (χ0) is 13.8. The van der Waals surface area contributed by atoms with Crippen LogP contribution in [-0.4, -0.2) is 31.9 Å². The Morgan fingerprint density at radius 2 is 2.05 bits per heavy atom. The summed E-state index contributed by atoms with van der Waals surface area (Å²) < 4.78 is 11.1. The van der Waals surface area contributed by atoms with Gasteiger partial charge in [0.05, 0.1) is 0 Å². The number of rotatable bonds is 5. The van der Waals surface area contributed by atoms with Crippen LogP contribution in [0.4, 0.5) is 0 Å². The molecule has 0 unspecified atom stereocenters. The fourth-order valence-corrected chi connectivity index (χ4v) is 2.75. The Morgan fingerprint density at radius 3 is 2.95 bits per heavy atom. The molecule has 0 amide bonds. The highest BCUT2D eigenvalue weighted by molar-refractivity contribution is 5.89. The summed E-state index contributed by atoms with van der Waals surface area (Å²) in [6, 6.07) is 12.8. The molecule has 0 aliphatic carbocycles. The summed E-state index contributed by atoms with van der Waals surface area (Å²) in [7, 11) is 1.76. The van der Waals surface area contributed by atoms with Gasteiger partial charge in [-0.15, -0.1) is 0 Å². The van der Waals surface area contributed by atoms with E-state index < -0.39 is 0 Å². The molecular weight excluding hydrogens is 250 g/mol. The fourth-order valence-electron chi connectivity index (χ4n) is 2.75. The SMILES string of the molecule is COCCCCN1COc2c(ccc3ccccc23)C1. The zero-order valence-electron chi connectivity index (χ0n) is 12.0. The molecule has 3 rings (SSSR count). The topological polar surface area (TPSA) is 21.7 Å². The summed E-state index contributed by atoms with van der Waals surface area (Å²) in [5, 5.41) is 2.48. The number of nitrogens with zero attached hydrogens (tertiary/aromatic N) is 1. The number of ether oxygens (including phenoxy) is 2. The maximum atomic E-state index is 6.00. The minimum atomic E-state index is 0.688. The number of fused-ring (bicyclic) bond motifs is 3. The van der Waals surface area contributed by atoms with Crippen molar-refractivity contribution in [2.24, 2.45) is 0 Å². The number of methoxy groups -OCH3 is 1. The van der Waals surface area contributed by atoms with Crippen molar-refractivity contribution in [3.8, 4) is 5.75 Å². The second kappa shape index (κ2) is 6.25. The van der Waals surface area contributed by atoms with Gasteiger partial charge in [0.15, 0.2) is 0 Å².